The first-order chi connectivity index (χ1) is 8.24. The van der Waals surface area contributed by atoms with E-state index in [0.717, 1.165) is 31.7 Å². The van der Waals surface area contributed by atoms with E-state index >= 15 is 0 Å². The molecule has 2 rings (SSSR count). The molecule has 2 unspecified atom stereocenters. The summed E-state index contributed by atoms with van der Waals surface area (Å²) in [6.07, 6.45) is 2.31. The van der Waals surface area contributed by atoms with E-state index in [1.165, 1.54) is 11.1 Å². The maximum Gasteiger partial charge on any atom is 0.125 e. The summed E-state index contributed by atoms with van der Waals surface area (Å²) in [6, 6.07) is 6.60. The van der Waals surface area contributed by atoms with E-state index in [1.54, 1.807) is 0 Å². The van der Waals surface area contributed by atoms with Crippen LogP contribution in [0.3, 0.4) is 0 Å². The molecule has 0 amide bonds. The molecule has 94 valence electrons. The molecule has 17 heavy (non-hydrogen) atoms. The predicted octanol–water partition coefficient (Wildman–Crippen LogP) is 2.97. The van der Waals surface area contributed by atoms with E-state index in [-0.39, 0.29) is 0 Å². The van der Waals surface area contributed by atoms with Crippen LogP contribution < -0.4 is 10.1 Å². The van der Waals surface area contributed by atoms with Crippen molar-refractivity contribution in [3.8, 4) is 5.75 Å². The van der Waals surface area contributed by atoms with Crippen molar-refractivity contribution >= 4 is 0 Å². The summed E-state index contributed by atoms with van der Waals surface area (Å²) in [7, 11) is 2.01. The average Bonchev–Trinajstić information content (AvgIpc) is 2.37. The lowest BCUT2D eigenvalue weighted by atomic mass is 9.86. The number of ether oxygens (including phenoxy) is 1. The van der Waals surface area contributed by atoms with Gasteiger partial charge in [0.25, 0.3) is 0 Å². The smallest absolute Gasteiger partial charge is 0.125 e. The minimum Gasteiger partial charge on any atom is -0.493 e. The van der Waals surface area contributed by atoms with E-state index < -0.39 is 0 Å². The fourth-order valence-electron chi connectivity index (χ4n) is 2.58. The fourth-order valence-corrected chi connectivity index (χ4v) is 2.58. The molecule has 1 aromatic carbocycles. The molecule has 0 saturated carbocycles. The molecule has 1 N–H and O–H groups in total. The van der Waals surface area contributed by atoms with Crippen LogP contribution in [0.4, 0.5) is 0 Å². The van der Waals surface area contributed by atoms with E-state index in [1.807, 2.05) is 7.05 Å². The number of benzene rings is 1. The van der Waals surface area contributed by atoms with Gasteiger partial charge in [-0.1, -0.05) is 32.0 Å². The molecule has 0 saturated heterocycles. The lowest BCUT2D eigenvalue weighted by Crippen LogP contribution is -2.22. The van der Waals surface area contributed by atoms with Gasteiger partial charge in [-0.05, 0) is 49.4 Å². The van der Waals surface area contributed by atoms with Gasteiger partial charge in [0, 0.05) is 0 Å². The fraction of sp³-hybridized carbons (Fsp3) is 0.600. The van der Waals surface area contributed by atoms with Crippen LogP contribution >= 0.6 is 0 Å². The molecule has 0 spiro atoms. The molecule has 1 aromatic rings. The highest BCUT2D eigenvalue weighted by Gasteiger charge is 2.21. The molecule has 1 aliphatic heterocycles. The SMILES string of the molecule is CNCC(C)C(C)c1cccc2c1OCCC2. The van der Waals surface area contributed by atoms with Gasteiger partial charge >= 0.3 is 0 Å². The second-order valence-corrected chi connectivity index (χ2v) is 5.11. The maximum atomic E-state index is 5.88. The van der Waals surface area contributed by atoms with Crippen LogP contribution in [0, 0.1) is 5.92 Å². The summed E-state index contributed by atoms with van der Waals surface area (Å²) in [6.45, 7) is 6.51. The van der Waals surface area contributed by atoms with Gasteiger partial charge < -0.3 is 10.1 Å². The Hall–Kier alpha value is -1.02. The highest BCUT2D eigenvalue weighted by molar-refractivity contribution is 5.44. The Labute approximate surface area is 104 Å². The molecule has 0 radical (unpaired) electrons. The molecule has 2 atom stereocenters. The average molecular weight is 233 g/mol. The first-order valence-corrected chi connectivity index (χ1v) is 6.63. The summed E-state index contributed by atoms with van der Waals surface area (Å²) in [5.41, 5.74) is 2.77. The van der Waals surface area contributed by atoms with Gasteiger partial charge in [0.1, 0.15) is 5.75 Å². The van der Waals surface area contributed by atoms with Gasteiger partial charge in [0.05, 0.1) is 6.61 Å². The second kappa shape index (κ2) is 5.54. The Morgan fingerprint density at radius 1 is 1.35 bits per heavy atom. The van der Waals surface area contributed by atoms with Crippen LogP contribution in [0.5, 0.6) is 5.75 Å². The molecule has 0 bridgehead atoms. The number of hydrogen-bond donors (Lipinski definition) is 1. The minimum absolute atomic E-state index is 0.537. The molecule has 0 aromatic heterocycles. The molecule has 1 heterocycles. The molecule has 2 heteroatoms. The second-order valence-electron chi connectivity index (χ2n) is 5.11. The largest absolute Gasteiger partial charge is 0.493 e. The number of nitrogens with one attached hydrogen (secondary N) is 1. The lowest BCUT2D eigenvalue weighted by molar-refractivity contribution is 0.280. The summed E-state index contributed by atoms with van der Waals surface area (Å²) in [5, 5.41) is 3.26. The Kier molecular flexibility index (Phi) is 4.06. The maximum absolute atomic E-state index is 5.88. The van der Waals surface area contributed by atoms with E-state index in [0.29, 0.717) is 11.8 Å². The summed E-state index contributed by atoms with van der Waals surface area (Å²) in [4.78, 5) is 0. The van der Waals surface area contributed by atoms with Gasteiger partial charge in [-0.3, -0.25) is 0 Å². The van der Waals surface area contributed by atoms with E-state index in [4.69, 9.17) is 4.74 Å². The molecule has 0 aliphatic carbocycles. The minimum atomic E-state index is 0.537. The third-order valence-corrected chi connectivity index (χ3v) is 3.83. The van der Waals surface area contributed by atoms with Crippen molar-refractivity contribution in [3.05, 3.63) is 29.3 Å². The highest BCUT2D eigenvalue weighted by Crippen LogP contribution is 2.36. The monoisotopic (exact) mass is 233 g/mol. The number of fused-ring (bicyclic) bond motifs is 1. The van der Waals surface area contributed by atoms with E-state index in [9.17, 15) is 0 Å². The molecule has 2 nitrogen and oxygen atoms in total. The van der Waals surface area contributed by atoms with Crippen LogP contribution in [-0.2, 0) is 6.42 Å². The van der Waals surface area contributed by atoms with Gasteiger partial charge in [0.2, 0.25) is 0 Å². The topological polar surface area (TPSA) is 21.3 Å². The van der Waals surface area contributed by atoms with Crippen molar-refractivity contribution in [3.63, 3.8) is 0 Å². The molecule has 1 aliphatic rings. The van der Waals surface area contributed by atoms with Gasteiger partial charge in [0.15, 0.2) is 0 Å². The van der Waals surface area contributed by atoms with Crippen molar-refractivity contribution in [1.82, 2.24) is 5.32 Å². The van der Waals surface area contributed by atoms with Crippen LogP contribution in [0.25, 0.3) is 0 Å². The van der Waals surface area contributed by atoms with Crippen LogP contribution in [0.2, 0.25) is 0 Å². The zero-order valence-corrected chi connectivity index (χ0v) is 11.1. The number of para-hydroxylation sites is 1. The van der Waals surface area contributed by atoms with Crippen LogP contribution in [-0.4, -0.2) is 20.2 Å². The summed E-state index contributed by atoms with van der Waals surface area (Å²) >= 11 is 0. The number of aryl methyl sites for hydroxylation is 1. The van der Waals surface area contributed by atoms with E-state index in [2.05, 4.69) is 37.4 Å². The molecular formula is C15H23NO. The van der Waals surface area contributed by atoms with Gasteiger partial charge in [-0.15, -0.1) is 0 Å². The third kappa shape index (κ3) is 2.63. The van der Waals surface area contributed by atoms with Crippen LogP contribution in [0.15, 0.2) is 18.2 Å². The zero-order valence-electron chi connectivity index (χ0n) is 11.1. The van der Waals surface area contributed by atoms with Crippen molar-refractivity contribution in [2.24, 2.45) is 5.92 Å². The van der Waals surface area contributed by atoms with Gasteiger partial charge in [-0.25, -0.2) is 0 Å². The first-order valence-electron chi connectivity index (χ1n) is 6.63. The Morgan fingerprint density at radius 2 is 2.18 bits per heavy atom. The number of rotatable bonds is 4. The Balaban J connectivity index is 2.25. The quantitative estimate of drug-likeness (QED) is 0.863. The Morgan fingerprint density at radius 3 is 2.94 bits per heavy atom. The normalized spacial score (nSPS) is 18.1. The van der Waals surface area contributed by atoms with Crippen molar-refractivity contribution in [2.45, 2.75) is 32.6 Å². The molecular weight excluding hydrogens is 210 g/mol. The standard InChI is InChI=1S/C15H23NO/c1-11(10-16-3)12(2)14-8-4-6-13-7-5-9-17-15(13)14/h4,6,8,11-12,16H,5,7,9-10H2,1-3H3. The number of hydrogen-bond acceptors (Lipinski definition) is 2. The summed E-state index contributed by atoms with van der Waals surface area (Å²) in [5.74, 6) is 2.32. The third-order valence-electron chi connectivity index (χ3n) is 3.83. The summed E-state index contributed by atoms with van der Waals surface area (Å²) < 4.78 is 5.88. The van der Waals surface area contributed by atoms with Crippen molar-refractivity contribution in [2.75, 3.05) is 20.2 Å². The van der Waals surface area contributed by atoms with Crippen LogP contribution in [0.1, 0.15) is 37.3 Å². The first kappa shape index (κ1) is 12.4. The van der Waals surface area contributed by atoms with Crippen molar-refractivity contribution < 1.29 is 4.74 Å². The zero-order chi connectivity index (χ0) is 12.3. The molecule has 0 fully saturated rings. The lowest BCUT2D eigenvalue weighted by Gasteiger charge is -2.26. The Bertz CT molecular complexity index is 375. The van der Waals surface area contributed by atoms with Gasteiger partial charge in [-0.2, -0.15) is 0 Å². The highest BCUT2D eigenvalue weighted by atomic mass is 16.5. The van der Waals surface area contributed by atoms with Crippen molar-refractivity contribution in [1.29, 1.82) is 0 Å². The predicted molar refractivity (Wildman–Crippen MR) is 71.8 cm³/mol.